The summed E-state index contributed by atoms with van der Waals surface area (Å²) in [4.78, 5) is 24.7. The predicted octanol–water partition coefficient (Wildman–Crippen LogP) is 6.77. The van der Waals surface area contributed by atoms with Crippen LogP contribution in [-0.4, -0.2) is 24.6 Å². The van der Waals surface area contributed by atoms with Gasteiger partial charge in [0.05, 0.1) is 16.3 Å². The summed E-state index contributed by atoms with van der Waals surface area (Å²) < 4.78 is 5.63. The van der Waals surface area contributed by atoms with E-state index in [1.807, 2.05) is 12.1 Å². The highest BCUT2D eigenvalue weighted by Crippen LogP contribution is 2.25. The van der Waals surface area contributed by atoms with Gasteiger partial charge in [-0.2, -0.15) is 5.10 Å². The average Bonchev–Trinajstić information content (AvgIpc) is 2.84. The van der Waals surface area contributed by atoms with E-state index in [9.17, 15) is 9.59 Å². The van der Waals surface area contributed by atoms with Crippen LogP contribution in [0.5, 0.6) is 5.75 Å². The molecule has 0 saturated carbocycles. The smallest absolute Gasteiger partial charge is 0.271 e. The number of rotatable bonds is 10. The molecule has 0 spiro atoms. The maximum absolute atomic E-state index is 12.4. The number of amides is 2. The fourth-order valence-corrected chi connectivity index (χ4v) is 3.57. The number of carbonyl (C=O) groups is 2. The number of nitrogens with zero attached hydrogens (tertiary/aromatic N) is 1. The summed E-state index contributed by atoms with van der Waals surface area (Å²) in [5.74, 6) is -0.359. The highest BCUT2D eigenvalue weighted by Gasteiger charge is 2.09. The first-order valence-electron chi connectivity index (χ1n) is 11.0. The molecule has 3 aromatic carbocycles. The van der Waals surface area contributed by atoms with Crippen molar-refractivity contribution in [2.24, 2.45) is 5.10 Å². The Labute approximate surface area is 219 Å². The second-order valence-electron chi connectivity index (χ2n) is 7.65. The van der Waals surface area contributed by atoms with E-state index >= 15 is 0 Å². The summed E-state index contributed by atoms with van der Waals surface area (Å²) in [6, 6.07) is 17.1. The Kier molecular flexibility index (Phi) is 9.97. The van der Waals surface area contributed by atoms with Gasteiger partial charge in [-0.1, -0.05) is 60.3 Å². The van der Waals surface area contributed by atoms with Crippen LogP contribution < -0.4 is 15.5 Å². The van der Waals surface area contributed by atoms with Gasteiger partial charge in [-0.25, -0.2) is 5.43 Å². The topological polar surface area (TPSA) is 79.8 Å². The molecular formula is C26H24Cl3N3O3. The molecule has 182 valence electrons. The Bertz CT molecular complexity index is 1210. The number of unbranched alkanes of at least 4 members (excludes halogenated alkanes) is 1. The van der Waals surface area contributed by atoms with Gasteiger partial charge in [0.15, 0.2) is 6.61 Å². The number of anilines is 1. The largest absolute Gasteiger partial charge is 0.483 e. The second-order valence-corrected chi connectivity index (χ2v) is 8.90. The number of hydrogen-bond acceptors (Lipinski definition) is 4. The lowest BCUT2D eigenvalue weighted by atomic mass is 10.1. The molecule has 2 N–H and O–H groups in total. The van der Waals surface area contributed by atoms with Crippen LogP contribution in [0.25, 0.3) is 0 Å². The molecule has 2 amide bonds. The summed E-state index contributed by atoms with van der Waals surface area (Å²) in [5.41, 5.74) is 5.18. The first kappa shape index (κ1) is 26.5. The van der Waals surface area contributed by atoms with Gasteiger partial charge in [-0.05, 0) is 66.9 Å². The molecule has 3 aromatic rings. The molecule has 35 heavy (non-hydrogen) atoms. The maximum Gasteiger partial charge on any atom is 0.271 e. The molecule has 0 atom stereocenters. The third-order valence-corrected chi connectivity index (χ3v) is 5.91. The number of hydrazone groups is 1. The number of carbonyl (C=O) groups excluding carboxylic acids is 2. The fourth-order valence-electron chi connectivity index (χ4n) is 3.09. The monoisotopic (exact) mass is 531 g/mol. The number of nitrogens with one attached hydrogen (secondary N) is 2. The van der Waals surface area contributed by atoms with E-state index in [1.165, 1.54) is 11.8 Å². The highest BCUT2D eigenvalue weighted by atomic mass is 35.5. The van der Waals surface area contributed by atoms with E-state index in [2.05, 4.69) is 22.8 Å². The summed E-state index contributed by atoms with van der Waals surface area (Å²) in [6.45, 7) is 1.88. The molecular weight excluding hydrogens is 509 g/mol. The zero-order valence-electron chi connectivity index (χ0n) is 19.0. The number of benzene rings is 3. The molecule has 0 aliphatic rings. The van der Waals surface area contributed by atoms with Gasteiger partial charge >= 0.3 is 0 Å². The number of aryl methyl sites for hydroxylation is 1. The number of ether oxygens (including phenoxy) is 1. The first-order valence-corrected chi connectivity index (χ1v) is 12.1. The molecule has 0 aliphatic carbocycles. The van der Waals surface area contributed by atoms with E-state index in [-0.39, 0.29) is 12.5 Å². The molecule has 3 rings (SSSR count). The van der Waals surface area contributed by atoms with Gasteiger partial charge in [0.2, 0.25) is 0 Å². The van der Waals surface area contributed by atoms with Crippen molar-refractivity contribution in [1.82, 2.24) is 5.43 Å². The fraction of sp³-hybridized carbons (Fsp3) is 0.192. The van der Waals surface area contributed by atoms with Crippen LogP contribution in [0, 0.1) is 0 Å². The maximum atomic E-state index is 12.4. The van der Waals surface area contributed by atoms with E-state index in [0.717, 1.165) is 19.3 Å². The zero-order valence-corrected chi connectivity index (χ0v) is 21.3. The summed E-state index contributed by atoms with van der Waals surface area (Å²) in [5, 5.41) is 7.86. The Hall–Kier alpha value is -3.06. The van der Waals surface area contributed by atoms with E-state index in [1.54, 1.807) is 48.5 Å². The van der Waals surface area contributed by atoms with Gasteiger partial charge < -0.3 is 10.1 Å². The Balaban J connectivity index is 1.58. The highest BCUT2D eigenvalue weighted by molar-refractivity contribution is 6.42. The standard InChI is InChI=1S/C26H24Cl3N3O3/c1-2-3-4-17-5-7-18(8-6-17)26(34)32-30-15-19-13-20(27)9-12-24(19)35-16-25(33)31-21-10-11-22(28)23(29)14-21/h5-15H,2-4,16H2,1H3,(H,31,33)(H,32,34)/b30-15+. The lowest BCUT2D eigenvalue weighted by Gasteiger charge is -2.10. The molecule has 0 heterocycles. The predicted molar refractivity (Wildman–Crippen MR) is 142 cm³/mol. The van der Waals surface area contributed by atoms with Gasteiger partial charge in [0.25, 0.3) is 11.8 Å². The molecule has 0 unspecified atom stereocenters. The SMILES string of the molecule is CCCCc1ccc(C(=O)N/N=C/c2cc(Cl)ccc2OCC(=O)Nc2ccc(Cl)c(Cl)c2)cc1. The van der Waals surface area contributed by atoms with Crippen LogP contribution in [0.3, 0.4) is 0 Å². The number of hydrogen-bond donors (Lipinski definition) is 2. The Morgan fingerprint density at radius 2 is 1.74 bits per heavy atom. The minimum Gasteiger partial charge on any atom is -0.483 e. The second kappa shape index (κ2) is 13.1. The third kappa shape index (κ3) is 8.28. The molecule has 0 fully saturated rings. The molecule has 0 saturated heterocycles. The Morgan fingerprint density at radius 1 is 0.971 bits per heavy atom. The van der Waals surface area contributed by atoms with Crippen LogP contribution in [0.15, 0.2) is 65.8 Å². The molecule has 0 aliphatic heterocycles. The summed E-state index contributed by atoms with van der Waals surface area (Å²) >= 11 is 18.0. The van der Waals surface area contributed by atoms with Crippen LogP contribution in [0.1, 0.15) is 41.3 Å². The summed E-state index contributed by atoms with van der Waals surface area (Å²) in [7, 11) is 0. The van der Waals surface area contributed by atoms with Crippen LogP contribution in [-0.2, 0) is 11.2 Å². The lowest BCUT2D eigenvalue weighted by molar-refractivity contribution is -0.118. The normalized spacial score (nSPS) is 10.9. The van der Waals surface area contributed by atoms with Crippen LogP contribution in [0.2, 0.25) is 15.1 Å². The lowest BCUT2D eigenvalue weighted by Crippen LogP contribution is -2.20. The number of halogens is 3. The molecule has 6 nitrogen and oxygen atoms in total. The van der Waals surface area contributed by atoms with Gasteiger partial charge in [0.1, 0.15) is 5.75 Å². The van der Waals surface area contributed by atoms with Crippen LogP contribution >= 0.6 is 34.8 Å². The van der Waals surface area contributed by atoms with E-state index in [0.29, 0.717) is 37.6 Å². The minimum atomic E-state index is -0.392. The quantitative estimate of drug-likeness (QED) is 0.223. The minimum absolute atomic E-state index is 0.264. The first-order chi connectivity index (χ1) is 16.9. The van der Waals surface area contributed by atoms with E-state index < -0.39 is 5.91 Å². The average molecular weight is 533 g/mol. The van der Waals surface area contributed by atoms with Crippen molar-refractivity contribution in [3.8, 4) is 5.75 Å². The van der Waals surface area contributed by atoms with E-state index in [4.69, 9.17) is 39.5 Å². The van der Waals surface area contributed by atoms with Crippen molar-refractivity contribution >= 4 is 58.5 Å². The van der Waals surface area contributed by atoms with Crippen molar-refractivity contribution in [3.63, 3.8) is 0 Å². The molecule has 0 radical (unpaired) electrons. The summed E-state index contributed by atoms with van der Waals surface area (Å²) in [6.07, 6.45) is 4.62. The van der Waals surface area contributed by atoms with Crippen molar-refractivity contribution < 1.29 is 14.3 Å². The van der Waals surface area contributed by atoms with Crippen molar-refractivity contribution in [3.05, 3.63) is 92.4 Å². The van der Waals surface area contributed by atoms with Gasteiger partial charge in [0, 0.05) is 21.8 Å². The van der Waals surface area contributed by atoms with Crippen molar-refractivity contribution in [2.75, 3.05) is 11.9 Å². The molecule has 9 heteroatoms. The van der Waals surface area contributed by atoms with Crippen molar-refractivity contribution in [1.29, 1.82) is 0 Å². The van der Waals surface area contributed by atoms with Crippen molar-refractivity contribution in [2.45, 2.75) is 26.2 Å². The third-order valence-electron chi connectivity index (χ3n) is 4.94. The zero-order chi connectivity index (χ0) is 25.2. The van der Waals surface area contributed by atoms with Crippen LogP contribution in [0.4, 0.5) is 5.69 Å². The molecule has 0 aromatic heterocycles. The van der Waals surface area contributed by atoms with Gasteiger partial charge in [-0.3, -0.25) is 9.59 Å². The molecule has 0 bridgehead atoms. The Morgan fingerprint density at radius 3 is 2.46 bits per heavy atom. The van der Waals surface area contributed by atoms with Gasteiger partial charge in [-0.15, -0.1) is 0 Å².